The molecule has 0 aliphatic carbocycles. The minimum atomic E-state index is -0.717. The normalized spacial score (nSPS) is 10.9. The summed E-state index contributed by atoms with van der Waals surface area (Å²) >= 11 is 2.95. The first-order chi connectivity index (χ1) is 15.2. The van der Waals surface area contributed by atoms with Crippen molar-refractivity contribution in [2.24, 2.45) is 0 Å². The van der Waals surface area contributed by atoms with Crippen LogP contribution in [0.25, 0.3) is 6.08 Å². The monoisotopic (exact) mass is 499 g/mol. The number of quaternary nitrogens is 1. The van der Waals surface area contributed by atoms with Crippen LogP contribution in [0.4, 0.5) is 15.9 Å². The Hall–Kier alpha value is -3.68. The molecule has 164 valence electrons. The molecule has 32 heavy (non-hydrogen) atoms. The first-order valence-electron chi connectivity index (χ1n) is 9.40. The molecule has 0 spiro atoms. The fraction of sp³-hybridized carbons (Fsp3) is 0.136. The van der Waals surface area contributed by atoms with E-state index in [1.54, 1.807) is 13.8 Å². The molecule has 0 bridgehead atoms. The molecule has 1 aromatic heterocycles. The third kappa shape index (κ3) is 6.41. The van der Waals surface area contributed by atoms with Gasteiger partial charge in [0.1, 0.15) is 4.62 Å². The number of anilines is 1. The van der Waals surface area contributed by atoms with E-state index in [4.69, 9.17) is 5.41 Å². The van der Waals surface area contributed by atoms with Crippen molar-refractivity contribution in [2.75, 3.05) is 5.32 Å². The van der Waals surface area contributed by atoms with Gasteiger partial charge < -0.3 is 10.6 Å². The minimum Gasteiger partial charge on any atom is -0.350 e. The zero-order chi connectivity index (χ0) is 23.8. The summed E-state index contributed by atoms with van der Waals surface area (Å²) in [4.78, 5) is 29.7. The Kier molecular flexibility index (Phi) is 8.52. The van der Waals surface area contributed by atoms with Crippen LogP contribution in [-0.4, -0.2) is 27.5 Å². The number of carbonyl (C=O) groups is 2. The summed E-state index contributed by atoms with van der Waals surface area (Å²) in [6.07, 6.45) is 3.95. The number of rotatable bonds is 8. The third-order valence-corrected chi connectivity index (χ3v) is 4.27. The van der Waals surface area contributed by atoms with Crippen molar-refractivity contribution in [3.8, 4) is 6.07 Å². The lowest BCUT2D eigenvalue weighted by molar-refractivity contribution is -0.517. The third-order valence-electron chi connectivity index (χ3n) is 4.04. The van der Waals surface area contributed by atoms with Crippen molar-refractivity contribution >= 4 is 49.9 Å². The number of hydrogen-bond donors (Lipinski definition) is 4. The van der Waals surface area contributed by atoms with Gasteiger partial charge in [-0.1, -0.05) is 12.7 Å². The minimum absolute atomic E-state index is 0.0679. The maximum atomic E-state index is 14.1. The second kappa shape index (κ2) is 11.1. The Morgan fingerprint density at radius 2 is 2.12 bits per heavy atom. The van der Waals surface area contributed by atoms with Crippen molar-refractivity contribution in [1.82, 2.24) is 10.3 Å². The summed E-state index contributed by atoms with van der Waals surface area (Å²) in [6.45, 7) is 7.24. The fourth-order valence-corrected chi connectivity index (χ4v) is 2.94. The lowest BCUT2D eigenvalue weighted by atomic mass is 10.0. The molecule has 5 N–H and O–H groups in total. The van der Waals surface area contributed by atoms with Gasteiger partial charge in [-0.2, -0.15) is 9.65 Å². The number of allylic oxidation sites excluding steroid dienone is 1. The average Bonchev–Trinajstić information content (AvgIpc) is 2.73. The van der Waals surface area contributed by atoms with Crippen LogP contribution in [0.2, 0.25) is 0 Å². The summed E-state index contributed by atoms with van der Waals surface area (Å²) in [5.41, 5.74) is 0.678. The summed E-state index contributed by atoms with van der Waals surface area (Å²) in [5.74, 6) is -1.95. The predicted molar refractivity (Wildman–Crippen MR) is 123 cm³/mol. The van der Waals surface area contributed by atoms with Crippen LogP contribution < -0.4 is 16.0 Å². The van der Waals surface area contributed by atoms with Gasteiger partial charge in [0.15, 0.2) is 0 Å². The molecule has 2 aromatic rings. The molecular formula is C22H21BrFN6O2+. The molecule has 8 nitrogen and oxygen atoms in total. The zero-order valence-electron chi connectivity index (χ0n) is 17.4. The highest BCUT2D eigenvalue weighted by atomic mass is 79.9. The van der Waals surface area contributed by atoms with Crippen molar-refractivity contribution in [2.45, 2.75) is 19.9 Å². The van der Waals surface area contributed by atoms with Crippen molar-refractivity contribution < 1.29 is 19.3 Å². The highest BCUT2D eigenvalue weighted by Gasteiger charge is 2.23. The van der Waals surface area contributed by atoms with Gasteiger partial charge in [-0.05, 0) is 59.6 Å². The van der Waals surface area contributed by atoms with Gasteiger partial charge in [0.2, 0.25) is 11.5 Å². The van der Waals surface area contributed by atoms with Gasteiger partial charge in [-0.3, -0.25) is 20.3 Å². The molecule has 0 aliphatic heterocycles. The number of benzene rings is 1. The predicted octanol–water partition coefficient (Wildman–Crippen LogP) is 2.96. The maximum Gasteiger partial charge on any atom is 0.310 e. The Balaban J connectivity index is 2.52. The van der Waals surface area contributed by atoms with Gasteiger partial charge in [-0.15, -0.1) is 0 Å². The summed E-state index contributed by atoms with van der Waals surface area (Å²) in [5, 5.41) is 23.5. The van der Waals surface area contributed by atoms with E-state index < -0.39 is 17.6 Å². The second-order valence-corrected chi connectivity index (χ2v) is 7.70. The maximum absolute atomic E-state index is 14.1. The molecule has 0 unspecified atom stereocenters. The number of carbonyl (C=O) groups excluding carboxylic acids is 2. The Morgan fingerprint density at radius 3 is 2.69 bits per heavy atom. The number of amides is 2. The molecule has 2 amide bonds. The van der Waals surface area contributed by atoms with Gasteiger partial charge in [0.25, 0.3) is 11.7 Å². The largest absolute Gasteiger partial charge is 0.350 e. The Bertz CT molecular complexity index is 1150. The fourth-order valence-electron chi connectivity index (χ4n) is 2.69. The summed E-state index contributed by atoms with van der Waals surface area (Å²) < 4.78 is 13.9. The van der Waals surface area contributed by atoms with E-state index in [1.807, 2.05) is 6.07 Å². The lowest BCUT2D eigenvalue weighted by Crippen LogP contribution is -2.79. The van der Waals surface area contributed by atoms with Gasteiger partial charge >= 0.3 is 5.91 Å². The van der Waals surface area contributed by atoms with Crippen LogP contribution in [0.1, 0.15) is 35.3 Å². The molecule has 0 atom stereocenters. The highest BCUT2D eigenvalue weighted by Crippen LogP contribution is 2.25. The molecule has 0 saturated heterocycles. The number of nitrogens with one attached hydrogen (secondary N) is 3. The Morgan fingerprint density at radius 1 is 1.41 bits per heavy atom. The zero-order valence-corrected chi connectivity index (χ0v) is 19.0. The van der Waals surface area contributed by atoms with Crippen molar-refractivity contribution in [3.63, 3.8) is 0 Å². The molecule has 0 fully saturated rings. The second-order valence-electron chi connectivity index (χ2n) is 6.85. The van der Waals surface area contributed by atoms with Gasteiger partial charge in [0.05, 0.1) is 22.9 Å². The van der Waals surface area contributed by atoms with Gasteiger partial charge in [0, 0.05) is 18.3 Å². The van der Waals surface area contributed by atoms with E-state index in [-0.39, 0.29) is 39.0 Å². The van der Waals surface area contributed by atoms with E-state index >= 15 is 0 Å². The molecule has 1 heterocycles. The van der Waals surface area contributed by atoms with Gasteiger partial charge in [-0.25, -0.2) is 4.98 Å². The SMILES string of the molecule is C=Cc1cc(C#N)cc(C(=O)NC(C)C)c1NC(=O)/C(=C/C(=N)Br)[NH2+]c1ncccc1F. The van der Waals surface area contributed by atoms with Crippen LogP contribution >= 0.6 is 15.9 Å². The molecule has 0 radical (unpaired) electrons. The van der Waals surface area contributed by atoms with E-state index in [0.29, 0.717) is 5.56 Å². The molecule has 0 aliphatic rings. The number of pyridine rings is 1. The van der Waals surface area contributed by atoms with E-state index in [0.717, 1.165) is 0 Å². The number of halogens is 2. The first kappa shape index (κ1) is 24.6. The van der Waals surface area contributed by atoms with Crippen molar-refractivity contribution in [3.05, 3.63) is 71.3 Å². The van der Waals surface area contributed by atoms with Crippen LogP contribution in [0, 0.1) is 22.6 Å². The smallest absolute Gasteiger partial charge is 0.310 e. The topological polar surface area (TPSA) is 135 Å². The van der Waals surface area contributed by atoms with E-state index in [9.17, 15) is 19.2 Å². The molecule has 10 heteroatoms. The van der Waals surface area contributed by atoms with Crippen LogP contribution in [0.3, 0.4) is 0 Å². The first-order valence-corrected chi connectivity index (χ1v) is 10.2. The standard InChI is InChI=1S/C22H20BrFN6O2/c1-4-14-8-13(11-25)9-15(21(31)28-12(2)3)19(14)30-22(32)17(10-18(23)26)29-20-16(24)6-5-7-27-20/h4-10,12,26H,1H2,2-3H3,(H,27,29)(H,28,31)(H,30,32)/p+1/b17-10-,26-18?. The Labute approximate surface area is 192 Å². The number of nitrogens with zero attached hydrogens (tertiary/aromatic N) is 2. The summed E-state index contributed by atoms with van der Waals surface area (Å²) in [7, 11) is 0. The number of nitriles is 1. The van der Waals surface area contributed by atoms with Crippen LogP contribution in [0.15, 0.2) is 48.8 Å². The van der Waals surface area contributed by atoms with E-state index in [2.05, 4.69) is 38.1 Å². The van der Waals surface area contributed by atoms with Crippen LogP contribution in [0.5, 0.6) is 0 Å². The van der Waals surface area contributed by atoms with Crippen molar-refractivity contribution in [1.29, 1.82) is 10.7 Å². The lowest BCUT2D eigenvalue weighted by Gasteiger charge is -2.16. The average molecular weight is 500 g/mol. The summed E-state index contributed by atoms with van der Waals surface area (Å²) in [6, 6.07) is 7.23. The number of aromatic nitrogens is 1. The quantitative estimate of drug-likeness (QED) is 0.327. The highest BCUT2D eigenvalue weighted by molar-refractivity contribution is 9.18. The van der Waals surface area contributed by atoms with E-state index in [1.165, 1.54) is 47.9 Å². The molecule has 1 aromatic carbocycles. The molecular weight excluding hydrogens is 479 g/mol. The number of hydrogen-bond acceptors (Lipinski definition) is 5. The van der Waals surface area contributed by atoms with Crippen LogP contribution in [-0.2, 0) is 4.79 Å². The molecule has 2 rings (SSSR count). The molecule has 0 saturated carbocycles. The number of nitrogens with two attached hydrogens (primary N) is 1.